The van der Waals surface area contributed by atoms with Gasteiger partial charge in [0, 0.05) is 30.7 Å². The molecule has 0 radical (unpaired) electrons. The van der Waals surface area contributed by atoms with Crippen LogP contribution in [-0.2, 0) is 6.54 Å². The molecule has 1 heterocycles. The van der Waals surface area contributed by atoms with Gasteiger partial charge in [-0.25, -0.2) is 4.98 Å². The smallest absolute Gasteiger partial charge is 0.106 e. The van der Waals surface area contributed by atoms with Crippen molar-refractivity contribution >= 4 is 11.3 Å². The van der Waals surface area contributed by atoms with Gasteiger partial charge in [-0.1, -0.05) is 0 Å². The highest BCUT2D eigenvalue weighted by molar-refractivity contribution is 7.09. The molecule has 74 valence electrons. The number of thiazole rings is 1. The van der Waals surface area contributed by atoms with Crippen LogP contribution in [0.2, 0.25) is 0 Å². The summed E-state index contributed by atoms with van der Waals surface area (Å²) >= 11 is 1.70. The maximum atomic E-state index is 4.21. The van der Waals surface area contributed by atoms with Crippen LogP contribution in [0.4, 0.5) is 0 Å². The van der Waals surface area contributed by atoms with Crippen LogP contribution in [0.5, 0.6) is 0 Å². The second-order valence-corrected chi connectivity index (χ2v) is 4.45. The molecule has 1 unspecified atom stereocenters. The van der Waals surface area contributed by atoms with Gasteiger partial charge >= 0.3 is 0 Å². The van der Waals surface area contributed by atoms with Crippen molar-refractivity contribution in [3.05, 3.63) is 16.6 Å². The molecule has 0 amide bonds. The van der Waals surface area contributed by atoms with Crippen molar-refractivity contribution in [2.45, 2.75) is 19.5 Å². The molecule has 1 atom stereocenters. The van der Waals surface area contributed by atoms with E-state index < -0.39 is 0 Å². The first kappa shape index (κ1) is 10.6. The summed E-state index contributed by atoms with van der Waals surface area (Å²) in [5, 5.41) is 6.59. The average molecular weight is 199 g/mol. The summed E-state index contributed by atoms with van der Waals surface area (Å²) in [5.74, 6) is 0. The summed E-state index contributed by atoms with van der Waals surface area (Å²) in [4.78, 5) is 6.39. The van der Waals surface area contributed by atoms with Gasteiger partial charge < -0.3 is 10.2 Å². The standard InChI is InChI=1S/C9H17N3S/c1-8(7-12(2)3)11-6-9-10-4-5-13-9/h4-5,8,11H,6-7H2,1-3H3. The minimum Gasteiger partial charge on any atom is -0.308 e. The highest BCUT2D eigenvalue weighted by Crippen LogP contribution is 2.03. The number of nitrogens with one attached hydrogen (secondary N) is 1. The van der Waals surface area contributed by atoms with Crippen LogP contribution < -0.4 is 5.32 Å². The summed E-state index contributed by atoms with van der Waals surface area (Å²) in [6.45, 7) is 4.13. The first-order valence-electron chi connectivity index (χ1n) is 4.45. The Bertz CT molecular complexity index is 221. The third-order valence-corrected chi connectivity index (χ3v) is 2.50. The van der Waals surface area contributed by atoms with Crippen LogP contribution in [0.1, 0.15) is 11.9 Å². The van der Waals surface area contributed by atoms with Crippen molar-refractivity contribution in [1.82, 2.24) is 15.2 Å². The lowest BCUT2D eigenvalue weighted by atomic mass is 10.3. The highest BCUT2D eigenvalue weighted by Gasteiger charge is 2.03. The number of likely N-dealkylation sites (N-methyl/N-ethyl adjacent to an activating group) is 1. The molecule has 13 heavy (non-hydrogen) atoms. The lowest BCUT2D eigenvalue weighted by molar-refractivity contribution is 0.349. The Hall–Kier alpha value is -0.450. The largest absolute Gasteiger partial charge is 0.308 e. The van der Waals surface area contributed by atoms with E-state index in [0.29, 0.717) is 6.04 Å². The first-order chi connectivity index (χ1) is 6.18. The molecule has 0 saturated carbocycles. The SMILES string of the molecule is CC(CN(C)C)NCc1nccs1. The molecule has 1 rings (SSSR count). The van der Waals surface area contributed by atoms with E-state index in [-0.39, 0.29) is 0 Å². The normalized spacial score (nSPS) is 13.5. The molecule has 0 aromatic carbocycles. The fourth-order valence-electron chi connectivity index (χ4n) is 1.21. The van der Waals surface area contributed by atoms with Gasteiger partial charge in [-0.15, -0.1) is 11.3 Å². The fraction of sp³-hybridized carbons (Fsp3) is 0.667. The van der Waals surface area contributed by atoms with Crippen molar-refractivity contribution in [2.24, 2.45) is 0 Å². The van der Waals surface area contributed by atoms with Gasteiger partial charge in [-0.2, -0.15) is 0 Å². The zero-order valence-electron chi connectivity index (χ0n) is 8.45. The molecule has 1 aromatic rings. The second kappa shape index (κ2) is 5.32. The fourth-order valence-corrected chi connectivity index (χ4v) is 1.78. The topological polar surface area (TPSA) is 28.2 Å². The maximum absolute atomic E-state index is 4.21. The average Bonchev–Trinajstić information content (AvgIpc) is 2.51. The molecule has 0 bridgehead atoms. The minimum absolute atomic E-state index is 0.513. The molecule has 4 heteroatoms. The molecule has 1 N–H and O–H groups in total. The molecule has 0 saturated heterocycles. The molecule has 0 aliphatic rings. The Morgan fingerprint density at radius 2 is 2.38 bits per heavy atom. The molecule has 0 aliphatic heterocycles. The quantitative estimate of drug-likeness (QED) is 0.772. The van der Waals surface area contributed by atoms with E-state index in [0.717, 1.165) is 18.1 Å². The van der Waals surface area contributed by atoms with Crippen LogP contribution in [0.3, 0.4) is 0 Å². The predicted octanol–water partition coefficient (Wildman–Crippen LogP) is 1.18. The van der Waals surface area contributed by atoms with E-state index in [1.54, 1.807) is 11.3 Å². The van der Waals surface area contributed by atoms with Gasteiger partial charge in [0.2, 0.25) is 0 Å². The van der Waals surface area contributed by atoms with E-state index in [4.69, 9.17) is 0 Å². The second-order valence-electron chi connectivity index (χ2n) is 3.47. The summed E-state index contributed by atoms with van der Waals surface area (Å²) in [5.41, 5.74) is 0. The number of nitrogens with zero attached hydrogens (tertiary/aromatic N) is 2. The Morgan fingerprint density at radius 1 is 1.62 bits per heavy atom. The number of rotatable bonds is 5. The Morgan fingerprint density at radius 3 is 2.92 bits per heavy atom. The van der Waals surface area contributed by atoms with Gasteiger partial charge in [0.1, 0.15) is 5.01 Å². The van der Waals surface area contributed by atoms with Gasteiger partial charge in [0.25, 0.3) is 0 Å². The minimum atomic E-state index is 0.513. The number of aromatic nitrogens is 1. The lowest BCUT2D eigenvalue weighted by Gasteiger charge is -2.17. The Kier molecular flexibility index (Phi) is 4.35. The van der Waals surface area contributed by atoms with Crippen molar-refractivity contribution in [1.29, 1.82) is 0 Å². The van der Waals surface area contributed by atoms with E-state index in [1.165, 1.54) is 0 Å². The molecular weight excluding hydrogens is 182 g/mol. The van der Waals surface area contributed by atoms with Gasteiger partial charge in [0.15, 0.2) is 0 Å². The van der Waals surface area contributed by atoms with E-state index >= 15 is 0 Å². The number of hydrogen-bond acceptors (Lipinski definition) is 4. The number of hydrogen-bond donors (Lipinski definition) is 1. The molecule has 3 nitrogen and oxygen atoms in total. The van der Waals surface area contributed by atoms with Crippen LogP contribution in [0.25, 0.3) is 0 Å². The maximum Gasteiger partial charge on any atom is 0.106 e. The van der Waals surface area contributed by atoms with Crippen molar-refractivity contribution in [3.63, 3.8) is 0 Å². The molecular formula is C9H17N3S. The van der Waals surface area contributed by atoms with Crippen molar-refractivity contribution < 1.29 is 0 Å². The summed E-state index contributed by atoms with van der Waals surface area (Å²) in [6.07, 6.45) is 1.85. The Labute approximate surface area is 83.8 Å². The monoisotopic (exact) mass is 199 g/mol. The predicted molar refractivity (Wildman–Crippen MR) is 57.0 cm³/mol. The van der Waals surface area contributed by atoms with Crippen molar-refractivity contribution in [2.75, 3.05) is 20.6 Å². The molecule has 0 spiro atoms. The van der Waals surface area contributed by atoms with E-state index in [9.17, 15) is 0 Å². The first-order valence-corrected chi connectivity index (χ1v) is 5.33. The van der Waals surface area contributed by atoms with E-state index in [2.05, 4.69) is 36.2 Å². The zero-order chi connectivity index (χ0) is 9.68. The van der Waals surface area contributed by atoms with Crippen LogP contribution >= 0.6 is 11.3 Å². The highest BCUT2D eigenvalue weighted by atomic mass is 32.1. The van der Waals surface area contributed by atoms with Gasteiger partial charge in [-0.05, 0) is 21.0 Å². The van der Waals surface area contributed by atoms with Gasteiger partial charge in [0.05, 0.1) is 0 Å². The molecule has 0 fully saturated rings. The van der Waals surface area contributed by atoms with Crippen LogP contribution in [0, 0.1) is 0 Å². The Balaban J connectivity index is 2.19. The zero-order valence-corrected chi connectivity index (χ0v) is 9.27. The van der Waals surface area contributed by atoms with Crippen molar-refractivity contribution in [3.8, 4) is 0 Å². The summed E-state index contributed by atoms with van der Waals surface area (Å²) < 4.78 is 0. The van der Waals surface area contributed by atoms with E-state index in [1.807, 2.05) is 11.6 Å². The van der Waals surface area contributed by atoms with Crippen LogP contribution in [0.15, 0.2) is 11.6 Å². The summed E-state index contributed by atoms with van der Waals surface area (Å²) in [7, 11) is 4.17. The third-order valence-electron chi connectivity index (χ3n) is 1.72. The molecule has 0 aliphatic carbocycles. The lowest BCUT2D eigenvalue weighted by Crippen LogP contribution is -2.35. The van der Waals surface area contributed by atoms with Gasteiger partial charge in [-0.3, -0.25) is 0 Å². The van der Waals surface area contributed by atoms with Crippen LogP contribution in [-0.4, -0.2) is 36.6 Å². The molecule has 1 aromatic heterocycles. The summed E-state index contributed by atoms with van der Waals surface area (Å²) in [6, 6.07) is 0.513. The third kappa shape index (κ3) is 4.36.